The summed E-state index contributed by atoms with van der Waals surface area (Å²) in [6, 6.07) is 10.5. The molecule has 0 spiro atoms. The lowest BCUT2D eigenvalue weighted by Crippen LogP contribution is -2.46. The van der Waals surface area contributed by atoms with Crippen LogP contribution in [0, 0.1) is 5.41 Å². The number of fused-ring (bicyclic) bond motifs is 1. The molecule has 1 fully saturated rings. The van der Waals surface area contributed by atoms with Gasteiger partial charge in [0.1, 0.15) is 0 Å². The van der Waals surface area contributed by atoms with E-state index in [0.29, 0.717) is 12.0 Å². The fourth-order valence-corrected chi connectivity index (χ4v) is 3.51. The van der Waals surface area contributed by atoms with Gasteiger partial charge in [0.25, 0.3) is 0 Å². The molecule has 1 saturated carbocycles. The number of para-hydroxylation sites is 1. The van der Waals surface area contributed by atoms with Crippen LogP contribution in [-0.2, 0) is 11.3 Å². The largest absolute Gasteiger partial charge is 0.385 e. The molecule has 0 bridgehead atoms. The maximum atomic E-state index is 5.28. The third kappa shape index (κ3) is 4.54. The van der Waals surface area contributed by atoms with Crippen molar-refractivity contribution in [1.29, 1.82) is 0 Å². The highest BCUT2D eigenvalue weighted by molar-refractivity contribution is 5.81. The van der Waals surface area contributed by atoms with E-state index in [2.05, 4.69) is 52.9 Å². The van der Waals surface area contributed by atoms with Crippen molar-refractivity contribution >= 4 is 16.9 Å². The summed E-state index contributed by atoms with van der Waals surface area (Å²) in [7, 11) is 1.78. The van der Waals surface area contributed by atoms with Crippen molar-refractivity contribution in [3.63, 3.8) is 0 Å². The van der Waals surface area contributed by atoms with E-state index in [0.717, 1.165) is 37.8 Å². The number of nitrogens with zero attached hydrogens (tertiary/aromatic N) is 1. The van der Waals surface area contributed by atoms with Gasteiger partial charge < -0.3 is 20.4 Å². The Bertz CT molecular complexity index is 670. The van der Waals surface area contributed by atoms with Gasteiger partial charge in [-0.15, -0.1) is 0 Å². The smallest absolute Gasteiger partial charge is 0.191 e. The van der Waals surface area contributed by atoms with E-state index < -0.39 is 0 Å². The molecule has 3 rings (SSSR count). The first kappa shape index (κ1) is 17.8. The second-order valence-corrected chi connectivity index (χ2v) is 7.03. The molecule has 136 valence electrons. The van der Waals surface area contributed by atoms with Crippen molar-refractivity contribution in [3.8, 4) is 0 Å². The molecule has 3 N–H and O–H groups in total. The summed E-state index contributed by atoms with van der Waals surface area (Å²) < 4.78 is 5.28. The summed E-state index contributed by atoms with van der Waals surface area (Å²) in [6.07, 6.45) is 5.02. The van der Waals surface area contributed by atoms with Gasteiger partial charge in [0, 0.05) is 38.0 Å². The fourth-order valence-electron chi connectivity index (χ4n) is 3.51. The maximum absolute atomic E-state index is 5.28. The molecular formula is C20H30N4O. The molecule has 1 aliphatic rings. The number of nitrogens with one attached hydrogen (secondary N) is 3. The van der Waals surface area contributed by atoms with Crippen LogP contribution in [0.2, 0.25) is 0 Å². The van der Waals surface area contributed by atoms with Gasteiger partial charge in [0.15, 0.2) is 5.96 Å². The second-order valence-electron chi connectivity index (χ2n) is 7.03. The molecule has 25 heavy (non-hydrogen) atoms. The van der Waals surface area contributed by atoms with Gasteiger partial charge in [0.05, 0.1) is 6.54 Å². The molecule has 5 nitrogen and oxygen atoms in total. The van der Waals surface area contributed by atoms with Crippen LogP contribution in [0.25, 0.3) is 10.9 Å². The standard InChI is InChI=1S/C20H30N4O/c1-3-21-19(23-15-20(9-6-10-20)11-12-25-2)22-14-17-13-16-7-4-5-8-18(16)24-17/h4-5,7-8,13,24H,3,6,9-12,14-15H2,1-2H3,(H2,21,22,23). The Morgan fingerprint density at radius 1 is 1.28 bits per heavy atom. The topological polar surface area (TPSA) is 61.4 Å². The molecule has 0 unspecified atom stereocenters. The average Bonchev–Trinajstić information content (AvgIpc) is 3.01. The minimum Gasteiger partial charge on any atom is -0.385 e. The van der Waals surface area contributed by atoms with Crippen LogP contribution < -0.4 is 10.6 Å². The molecule has 0 atom stereocenters. The van der Waals surface area contributed by atoms with Gasteiger partial charge in [-0.3, -0.25) is 0 Å². The van der Waals surface area contributed by atoms with E-state index in [1.165, 1.54) is 30.2 Å². The lowest BCUT2D eigenvalue weighted by Gasteiger charge is -2.42. The number of aliphatic imine (C=N–C) groups is 1. The fraction of sp³-hybridized carbons (Fsp3) is 0.550. The average molecular weight is 342 g/mol. The third-order valence-corrected chi connectivity index (χ3v) is 5.22. The number of ether oxygens (including phenoxy) is 1. The number of aromatic amines is 1. The van der Waals surface area contributed by atoms with Crippen LogP contribution in [0.4, 0.5) is 0 Å². The Hall–Kier alpha value is -2.01. The quantitative estimate of drug-likeness (QED) is 0.509. The Labute approximate surface area is 150 Å². The van der Waals surface area contributed by atoms with Crippen LogP contribution in [0.5, 0.6) is 0 Å². The van der Waals surface area contributed by atoms with E-state index in [1.807, 2.05) is 0 Å². The van der Waals surface area contributed by atoms with Crippen molar-refractivity contribution in [2.24, 2.45) is 10.4 Å². The van der Waals surface area contributed by atoms with Gasteiger partial charge >= 0.3 is 0 Å². The monoisotopic (exact) mass is 342 g/mol. The Morgan fingerprint density at radius 3 is 2.80 bits per heavy atom. The van der Waals surface area contributed by atoms with E-state index in [9.17, 15) is 0 Å². The Balaban J connectivity index is 1.60. The van der Waals surface area contributed by atoms with Crippen LogP contribution >= 0.6 is 0 Å². The highest BCUT2D eigenvalue weighted by Gasteiger charge is 2.36. The molecule has 1 aliphatic carbocycles. The van der Waals surface area contributed by atoms with Crippen LogP contribution in [0.1, 0.15) is 38.3 Å². The predicted octanol–water partition coefficient (Wildman–Crippen LogP) is 3.43. The van der Waals surface area contributed by atoms with Crippen LogP contribution in [0.15, 0.2) is 35.3 Å². The van der Waals surface area contributed by atoms with Crippen molar-refractivity contribution in [2.75, 3.05) is 26.8 Å². The number of H-pyrrole nitrogens is 1. The number of hydrogen-bond acceptors (Lipinski definition) is 2. The molecule has 2 aromatic rings. The normalized spacial score (nSPS) is 16.6. The maximum Gasteiger partial charge on any atom is 0.191 e. The van der Waals surface area contributed by atoms with Crippen LogP contribution in [0.3, 0.4) is 0 Å². The van der Waals surface area contributed by atoms with Gasteiger partial charge in [0.2, 0.25) is 0 Å². The summed E-state index contributed by atoms with van der Waals surface area (Å²) in [5, 5.41) is 8.14. The first-order valence-electron chi connectivity index (χ1n) is 9.32. The summed E-state index contributed by atoms with van der Waals surface area (Å²) in [5.74, 6) is 0.893. The molecular weight excluding hydrogens is 312 g/mol. The molecule has 0 amide bonds. The molecule has 5 heteroatoms. The number of methoxy groups -OCH3 is 1. The summed E-state index contributed by atoms with van der Waals surface area (Å²) in [6.45, 7) is 5.42. The van der Waals surface area contributed by atoms with Gasteiger partial charge in [-0.2, -0.15) is 0 Å². The Kier molecular flexibility index (Phi) is 5.97. The van der Waals surface area contributed by atoms with Crippen molar-refractivity contribution in [1.82, 2.24) is 15.6 Å². The lowest BCUT2D eigenvalue weighted by atomic mass is 9.67. The third-order valence-electron chi connectivity index (χ3n) is 5.22. The predicted molar refractivity (Wildman–Crippen MR) is 104 cm³/mol. The summed E-state index contributed by atoms with van der Waals surface area (Å²) in [5.41, 5.74) is 2.68. The second kappa shape index (κ2) is 8.39. The van der Waals surface area contributed by atoms with E-state index in [-0.39, 0.29) is 0 Å². The van der Waals surface area contributed by atoms with E-state index in [1.54, 1.807) is 7.11 Å². The number of hydrogen-bond donors (Lipinski definition) is 3. The van der Waals surface area contributed by atoms with Gasteiger partial charge in [-0.05, 0) is 49.1 Å². The zero-order chi connectivity index (χ0) is 17.5. The molecule has 0 aliphatic heterocycles. The van der Waals surface area contributed by atoms with Gasteiger partial charge in [-0.25, -0.2) is 4.99 Å². The number of guanidine groups is 1. The molecule has 1 aromatic heterocycles. The highest BCUT2D eigenvalue weighted by atomic mass is 16.5. The van der Waals surface area contributed by atoms with Crippen molar-refractivity contribution in [3.05, 3.63) is 36.0 Å². The first-order chi connectivity index (χ1) is 12.2. The Morgan fingerprint density at radius 2 is 2.12 bits per heavy atom. The minimum absolute atomic E-state index is 0.382. The SMILES string of the molecule is CCNC(=NCc1cc2ccccc2[nH]1)NCC1(CCOC)CCC1. The molecule has 0 saturated heterocycles. The lowest BCUT2D eigenvalue weighted by molar-refractivity contribution is 0.0732. The number of aromatic nitrogens is 1. The number of rotatable bonds is 8. The minimum atomic E-state index is 0.382. The van der Waals surface area contributed by atoms with E-state index in [4.69, 9.17) is 9.73 Å². The summed E-state index contributed by atoms with van der Waals surface area (Å²) >= 11 is 0. The highest BCUT2D eigenvalue weighted by Crippen LogP contribution is 2.43. The first-order valence-corrected chi connectivity index (χ1v) is 9.32. The molecule has 1 heterocycles. The van der Waals surface area contributed by atoms with E-state index >= 15 is 0 Å². The zero-order valence-electron chi connectivity index (χ0n) is 15.4. The van der Waals surface area contributed by atoms with Crippen molar-refractivity contribution in [2.45, 2.75) is 39.2 Å². The molecule has 1 aromatic carbocycles. The zero-order valence-corrected chi connectivity index (χ0v) is 15.4. The molecule has 0 radical (unpaired) electrons. The number of benzene rings is 1. The van der Waals surface area contributed by atoms with Gasteiger partial charge in [-0.1, -0.05) is 24.6 Å². The van der Waals surface area contributed by atoms with Crippen LogP contribution in [-0.4, -0.2) is 37.7 Å². The van der Waals surface area contributed by atoms with Crippen molar-refractivity contribution < 1.29 is 4.74 Å². The summed E-state index contributed by atoms with van der Waals surface area (Å²) in [4.78, 5) is 8.19.